The van der Waals surface area contributed by atoms with Gasteiger partial charge in [-0.15, -0.1) is 11.8 Å². The molecule has 4 aromatic rings. The fraction of sp³-hybridized carbons (Fsp3) is 0.167. The maximum Gasteiger partial charge on any atom is 0.170 e. The predicted octanol–water partition coefficient (Wildman–Crippen LogP) is 6.99. The number of hydrogen-bond acceptors (Lipinski definition) is 3. The van der Waals surface area contributed by atoms with Gasteiger partial charge in [0.25, 0.3) is 0 Å². The number of rotatable bonds is 5. The molecular formula is C30H26O2S. The molecule has 0 aromatic heterocycles. The zero-order valence-corrected chi connectivity index (χ0v) is 19.1. The molecule has 0 saturated carbocycles. The van der Waals surface area contributed by atoms with E-state index in [1.54, 1.807) is 11.8 Å². The zero-order valence-electron chi connectivity index (χ0n) is 18.2. The van der Waals surface area contributed by atoms with E-state index in [0.29, 0.717) is 12.0 Å². The molecule has 3 heteroatoms. The fourth-order valence-electron chi connectivity index (χ4n) is 4.90. The number of thioether (sulfide) groups is 1. The number of hydrogen-bond donors (Lipinski definition) is 1. The predicted molar refractivity (Wildman–Crippen MR) is 135 cm³/mol. The molecule has 0 unspecified atom stereocenters. The van der Waals surface area contributed by atoms with Gasteiger partial charge in [-0.2, -0.15) is 0 Å². The fourth-order valence-corrected chi connectivity index (χ4v) is 6.74. The Morgan fingerprint density at radius 2 is 1.18 bits per heavy atom. The minimum Gasteiger partial charge on any atom is -0.384 e. The Kier molecular flexibility index (Phi) is 6.17. The van der Waals surface area contributed by atoms with E-state index in [1.807, 2.05) is 97.1 Å². The van der Waals surface area contributed by atoms with Crippen LogP contribution in [0.3, 0.4) is 0 Å². The second-order valence-electron chi connectivity index (χ2n) is 8.57. The lowest BCUT2D eigenvalue weighted by molar-refractivity contribution is -0.0284. The lowest BCUT2D eigenvalue weighted by Gasteiger charge is -2.47. The third kappa shape index (κ3) is 4.27. The zero-order chi connectivity index (χ0) is 22.7. The summed E-state index contributed by atoms with van der Waals surface area (Å²) in [7, 11) is 0. The molecule has 0 amide bonds. The average molecular weight is 451 g/mol. The van der Waals surface area contributed by atoms with Crippen LogP contribution in [0.1, 0.15) is 44.0 Å². The van der Waals surface area contributed by atoms with Crippen molar-refractivity contribution >= 4 is 17.5 Å². The molecule has 1 heterocycles. The highest BCUT2D eigenvalue weighted by molar-refractivity contribution is 7.99. The van der Waals surface area contributed by atoms with Crippen LogP contribution in [-0.2, 0) is 5.60 Å². The van der Waals surface area contributed by atoms with Crippen LogP contribution in [0.2, 0.25) is 0 Å². The molecule has 0 aliphatic carbocycles. The highest BCUT2D eigenvalue weighted by atomic mass is 32.2. The number of ketones is 1. The number of Topliss-reactive ketones (excluding diaryl/α,β-unsaturated/α-hetero) is 1. The quantitative estimate of drug-likeness (QED) is 0.333. The first-order chi connectivity index (χ1) is 16.2. The highest BCUT2D eigenvalue weighted by Gasteiger charge is 2.53. The molecule has 1 aliphatic heterocycles. The Morgan fingerprint density at radius 1 is 0.697 bits per heavy atom. The Balaban J connectivity index is 1.69. The first kappa shape index (κ1) is 21.7. The van der Waals surface area contributed by atoms with Crippen molar-refractivity contribution in [3.05, 3.63) is 144 Å². The Labute approximate surface area is 199 Å². The van der Waals surface area contributed by atoms with E-state index in [4.69, 9.17) is 0 Å². The molecule has 164 valence electrons. The number of carbonyl (C=O) groups is 1. The molecule has 0 radical (unpaired) electrons. The van der Waals surface area contributed by atoms with Gasteiger partial charge in [-0.1, -0.05) is 121 Å². The molecule has 1 saturated heterocycles. The van der Waals surface area contributed by atoms with Crippen molar-refractivity contribution in [2.24, 2.45) is 5.92 Å². The molecule has 2 nitrogen and oxygen atoms in total. The van der Waals surface area contributed by atoms with Gasteiger partial charge in [0.2, 0.25) is 0 Å². The molecule has 5 rings (SSSR count). The summed E-state index contributed by atoms with van der Waals surface area (Å²) in [6.07, 6.45) is 0.471. The first-order valence-corrected chi connectivity index (χ1v) is 12.2. The van der Waals surface area contributed by atoms with Gasteiger partial charge in [0, 0.05) is 16.1 Å². The summed E-state index contributed by atoms with van der Waals surface area (Å²) in [5, 5.41) is 12.3. The summed E-state index contributed by atoms with van der Waals surface area (Å²) in [4.78, 5) is 14.0. The number of aliphatic hydroxyl groups is 1. The second-order valence-corrected chi connectivity index (χ2v) is 9.92. The SMILES string of the molecule is O=C(c1ccccc1)[C@@H]1[C@H](c2ccccc2)S[C@H](c2ccccc2)C[C@]1(O)c1ccccc1. The van der Waals surface area contributed by atoms with Gasteiger partial charge in [0.15, 0.2) is 5.78 Å². The van der Waals surface area contributed by atoms with E-state index in [0.717, 1.165) is 11.1 Å². The van der Waals surface area contributed by atoms with Crippen LogP contribution in [0.5, 0.6) is 0 Å². The molecule has 4 aromatic carbocycles. The van der Waals surface area contributed by atoms with E-state index < -0.39 is 11.5 Å². The van der Waals surface area contributed by atoms with E-state index in [2.05, 4.69) is 24.3 Å². The first-order valence-electron chi connectivity index (χ1n) is 11.3. The van der Waals surface area contributed by atoms with Crippen molar-refractivity contribution in [2.75, 3.05) is 0 Å². The monoisotopic (exact) mass is 450 g/mol. The van der Waals surface area contributed by atoms with Crippen LogP contribution in [0.4, 0.5) is 0 Å². The Morgan fingerprint density at radius 3 is 1.76 bits per heavy atom. The van der Waals surface area contributed by atoms with Crippen LogP contribution in [-0.4, -0.2) is 10.9 Å². The second kappa shape index (κ2) is 9.38. The normalized spacial score (nSPS) is 24.8. The molecule has 33 heavy (non-hydrogen) atoms. The van der Waals surface area contributed by atoms with Crippen LogP contribution >= 0.6 is 11.8 Å². The molecular weight excluding hydrogens is 424 g/mol. The molecule has 4 atom stereocenters. The summed E-state index contributed by atoms with van der Waals surface area (Å²) >= 11 is 1.78. The van der Waals surface area contributed by atoms with E-state index >= 15 is 0 Å². The van der Waals surface area contributed by atoms with Crippen LogP contribution in [0, 0.1) is 5.92 Å². The van der Waals surface area contributed by atoms with Crippen LogP contribution < -0.4 is 0 Å². The topological polar surface area (TPSA) is 37.3 Å². The maximum atomic E-state index is 14.0. The summed E-state index contributed by atoms with van der Waals surface area (Å²) in [6.45, 7) is 0. The van der Waals surface area contributed by atoms with Crippen molar-refractivity contribution in [1.29, 1.82) is 0 Å². The van der Waals surface area contributed by atoms with Gasteiger partial charge in [0.1, 0.15) is 5.60 Å². The van der Waals surface area contributed by atoms with Crippen LogP contribution in [0.15, 0.2) is 121 Å². The summed E-state index contributed by atoms with van der Waals surface area (Å²) in [5.74, 6) is -0.635. The Bertz CT molecular complexity index is 1200. The largest absolute Gasteiger partial charge is 0.384 e. The van der Waals surface area contributed by atoms with Crippen molar-refractivity contribution in [1.82, 2.24) is 0 Å². The summed E-state index contributed by atoms with van der Waals surface area (Å²) in [6, 6.07) is 39.6. The molecule has 1 fully saturated rings. The lowest BCUT2D eigenvalue weighted by atomic mass is 9.70. The molecule has 0 spiro atoms. The lowest BCUT2D eigenvalue weighted by Crippen LogP contribution is -2.46. The van der Waals surface area contributed by atoms with E-state index in [1.165, 1.54) is 5.56 Å². The smallest absolute Gasteiger partial charge is 0.170 e. The summed E-state index contributed by atoms with van der Waals surface area (Å²) < 4.78 is 0. The molecule has 1 aliphatic rings. The number of benzene rings is 4. The molecule has 1 N–H and O–H groups in total. The van der Waals surface area contributed by atoms with E-state index in [-0.39, 0.29) is 16.3 Å². The van der Waals surface area contributed by atoms with Gasteiger partial charge >= 0.3 is 0 Å². The minimum atomic E-state index is -1.31. The van der Waals surface area contributed by atoms with Gasteiger partial charge in [-0.3, -0.25) is 4.79 Å². The summed E-state index contributed by atoms with van der Waals surface area (Å²) in [5.41, 5.74) is 2.36. The van der Waals surface area contributed by atoms with Crippen molar-refractivity contribution in [3.8, 4) is 0 Å². The Hall–Kier alpha value is -3.14. The maximum absolute atomic E-state index is 14.0. The van der Waals surface area contributed by atoms with Crippen molar-refractivity contribution < 1.29 is 9.90 Å². The minimum absolute atomic E-state index is 0.0187. The highest BCUT2D eigenvalue weighted by Crippen LogP contribution is 2.60. The molecule has 0 bridgehead atoms. The van der Waals surface area contributed by atoms with Crippen molar-refractivity contribution in [2.45, 2.75) is 22.5 Å². The third-order valence-corrected chi connectivity index (χ3v) is 8.14. The van der Waals surface area contributed by atoms with Gasteiger partial charge < -0.3 is 5.11 Å². The third-order valence-electron chi connectivity index (χ3n) is 6.54. The average Bonchev–Trinajstić information content (AvgIpc) is 2.90. The standard InChI is InChI=1S/C30H26O2S/c31-28(23-15-7-2-8-16-23)27-29(24-17-9-3-10-18-24)33-26(22-13-5-1-6-14-22)21-30(27,32)25-19-11-4-12-20-25/h1-20,26-27,29,32H,21H2/t26-,27+,29-,30-/m0/s1. The van der Waals surface area contributed by atoms with Gasteiger partial charge in [0.05, 0.1) is 5.92 Å². The van der Waals surface area contributed by atoms with Gasteiger partial charge in [-0.05, 0) is 23.1 Å². The number of carbonyl (C=O) groups excluding carboxylic acids is 1. The van der Waals surface area contributed by atoms with E-state index in [9.17, 15) is 9.90 Å². The van der Waals surface area contributed by atoms with Crippen molar-refractivity contribution in [3.63, 3.8) is 0 Å². The van der Waals surface area contributed by atoms with Crippen LogP contribution in [0.25, 0.3) is 0 Å². The van der Waals surface area contributed by atoms with Gasteiger partial charge in [-0.25, -0.2) is 0 Å².